The number of nitrogens with one attached hydrogen (secondary N) is 1. The lowest BCUT2D eigenvalue weighted by Gasteiger charge is -2.28. The SMILES string of the molecule is CCOCCN(CC)C1CCC(C#N)(NC)C1. The van der Waals surface area contributed by atoms with E-state index in [1.807, 2.05) is 14.0 Å². The van der Waals surface area contributed by atoms with Gasteiger partial charge in [0.05, 0.1) is 12.7 Å². The number of ether oxygens (including phenoxy) is 1. The van der Waals surface area contributed by atoms with Crippen LogP contribution in [0.5, 0.6) is 0 Å². The Bertz CT molecular complexity index is 264. The number of nitriles is 1. The van der Waals surface area contributed by atoms with Gasteiger partial charge in [0.2, 0.25) is 0 Å². The van der Waals surface area contributed by atoms with E-state index in [9.17, 15) is 5.26 Å². The first-order valence-electron chi connectivity index (χ1n) is 6.63. The Morgan fingerprint density at radius 2 is 2.29 bits per heavy atom. The molecule has 0 radical (unpaired) electrons. The molecule has 2 atom stereocenters. The predicted molar refractivity (Wildman–Crippen MR) is 68.8 cm³/mol. The Labute approximate surface area is 105 Å². The number of hydrogen-bond donors (Lipinski definition) is 1. The van der Waals surface area contributed by atoms with Gasteiger partial charge in [0.25, 0.3) is 0 Å². The predicted octanol–water partition coefficient (Wildman–Crippen LogP) is 1.38. The first kappa shape index (κ1) is 14.4. The topological polar surface area (TPSA) is 48.3 Å². The molecule has 0 aromatic heterocycles. The molecule has 0 aliphatic heterocycles. The third-order valence-electron chi connectivity index (χ3n) is 3.83. The van der Waals surface area contributed by atoms with Crippen molar-refractivity contribution in [3.8, 4) is 6.07 Å². The smallest absolute Gasteiger partial charge is 0.108 e. The highest BCUT2D eigenvalue weighted by Gasteiger charge is 2.39. The van der Waals surface area contributed by atoms with Crippen molar-refractivity contribution in [1.29, 1.82) is 5.26 Å². The summed E-state index contributed by atoms with van der Waals surface area (Å²) in [5.74, 6) is 0. The van der Waals surface area contributed by atoms with E-state index in [2.05, 4.69) is 23.2 Å². The summed E-state index contributed by atoms with van der Waals surface area (Å²) in [6.45, 7) is 7.77. The fourth-order valence-corrected chi connectivity index (χ4v) is 2.64. The monoisotopic (exact) mass is 239 g/mol. The van der Waals surface area contributed by atoms with Crippen LogP contribution >= 0.6 is 0 Å². The fourth-order valence-electron chi connectivity index (χ4n) is 2.64. The van der Waals surface area contributed by atoms with E-state index < -0.39 is 0 Å². The normalized spacial score (nSPS) is 28.5. The molecule has 0 spiro atoms. The van der Waals surface area contributed by atoms with E-state index in [0.29, 0.717) is 6.04 Å². The minimum atomic E-state index is -0.302. The van der Waals surface area contributed by atoms with E-state index in [1.54, 1.807) is 0 Å². The van der Waals surface area contributed by atoms with E-state index >= 15 is 0 Å². The molecule has 1 saturated carbocycles. The van der Waals surface area contributed by atoms with Crippen LogP contribution in [0.3, 0.4) is 0 Å². The van der Waals surface area contributed by atoms with Gasteiger partial charge in [0.1, 0.15) is 5.54 Å². The van der Waals surface area contributed by atoms with Crippen molar-refractivity contribution < 1.29 is 4.74 Å². The third kappa shape index (κ3) is 3.67. The number of likely N-dealkylation sites (N-methyl/N-ethyl adjacent to an activating group) is 1. The zero-order valence-electron chi connectivity index (χ0n) is 11.3. The van der Waals surface area contributed by atoms with Crippen LogP contribution in [-0.2, 0) is 4.74 Å². The van der Waals surface area contributed by atoms with E-state index in [-0.39, 0.29) is 5.54 Å². The van der Waals surface area contributed by atoms with Crippen molar-refractivity contribution in [3.05, 3.63) is 0 Å². The Kier molecular flexibility index (Phi) is 5.90. The quantitative estimate of drug-likeness (QED) is 0.682. The van der Waals surface area contributed by atoms with Gasteiger partial charge >= 0.3 is 0 Å². The second-order valence-electron chi connectivity index (χ2n) is 4.67. The zero-order chi connectivity index (χ0) is 12.7. The van der Waals surface area contributed by atoms with Crippen molar-refractivity contribution in [2.75, 3.05) is 33.4 Å². The fraction of sp³-hybridized carbons (Fsp3) is 0.923. The number of nitrogens with zero attached hydrogens (tertiary/aromatic N) is 2. The molecule has 0 saturated heterocycles. The van der Waals surface area contributed by atoms with Crippen LogP contribution < -0.4 is 5.32 Å². The molecule has 4 heteroatoms. The van der Waals surface area contributed by atoms with Gasteiger partial charge in [0.15, 0.2) is 0 Å². The standard InChI is InChI=1S/C13H25N3O/c1-4-16(8-9-17-5-2)12-6-7-13(10-12,11-14)15-3/h12,15H,4-10H2,1-3H3. The molecule has 4 nitrogen and oxygen atoms in total. The largest absolute Gasteiger partial charge is 0.380 e. The van der Waals surface area contributed by atoms with Gasteiger partial charge in [-0.2, -0.15) is 5.26 Å². The molecule has 1 rings (SSSR count). The molecule has 1 fully saturated rings. The summed E-state index contributed by atoms with van der Waals surface area (Å²) in [5, 5.41) is 12.4. The molecule has 1 aliphatic carbocycles. The van der Waals surface area contributed by atoms with Crippen molar-refractivity contribution in [3.63, 3.8) is 0 Å². The van der Waals surface area contributed by atoms with Gasteiger partial charge in [-0.3, -0.25) is 4.90 Å². The summed E-state index contributed by atoms with van der Waals surface area (Å²) in [4.78, 5) is 2.44. The van der Waals surface area contributed by atoms with Crippen molar-refractivity contribution >= 4 is 0 Å². The van der Waals surface area contributed by atoms with Crippen molar-refractivity contribution in [2.45, 2.75) is 44.7 Å². The molecular formula is C13H25N3O. The van der Waals surface area contributed by atoms with Gasteiger partial charge in [0, 0.05) is 19.2 Å². The maximum atomic E-state index is 9.25. The molecule has 17 heavy (non-hydrogen) atoms. The lowest BCUT2D eigenvalue weighted by Crippen LogP contribution is -2.42. The van der Waals surface area contributed by atoms with Gasteiger partial charge in [-0.1, -0.05) is 6.92 Å². The lowest BCUT2D eigenvalue weighted by molar-refractivity contribution is 0.0965. The second-order valence-corrected chi connectivity index (χ2v) is 4.67. The molecule has 98 valence electrons. The van der Waals surface area contributed by atoms with Gasteiger partial charge in [-0.05, 0) is 39.8 Å². The van der Waals surface area contributed by atoms with Crippen LogP contribution in [0.1, 0.15) is 33.1 Å². The van der Waals surface area contributed by atoms with Gasteiger partial charge < -0.3 is 10.1 Å². The van der Waals surface area contributed by atoms with E-state index in [4.69, 9.17) is 4.74 Å². The molecular weight excluding hydrogens is 214 g/mol. The molecule has 0 aromatic rings. The molecule has 1 N–H and O–H groups in total. The Morgan fingerprint density at radius 1 is 1.53 bits per heavy atom. The molecule has 0 aromatic carbocycles. The van der Waals surface area contributed by atoms with Crippen LogP contribution in [-0.4, -0.2) is 49.8 Å². The van der Waals surface area contributed by atoms with E-state index in [0.717, 1.165) is 45.6 Å². The maximum Gasteiger partial charge on any atom is 0.108 e. The average Bonchev–Trinajstić information content (AvgIpc) is 2.80. The maximum absolute atomic E-state index is 9.25. The second kappa shape index (κ2) is 6.95. The summed E-state index contributed by atoms with van der Waals surface area (Å²) in [6.07, 6.45) is 2.99. The Balaban J connectivity index is 2.47. The van der Waals surface area contributed by atoms with Crippen LogP contribution in [0, 0.1) is 11.3 Å². The average molecular weight is 239 g/mol. The minimum absolute atomic E-state index is 0.302. The Hall–Kier alpha value is -0.630. The van der Waals surface area contributed by atoms with Gasteiger partial charge in [-0.25, -0.2) is 0 Å². The van der Waals surface area contributed by atoms with Crippen molar-refractivity contribution in [2.24, 2.45) is 0 Å². The molecule has 0 heterocycles. The van der Waals surface area contributed by atoms with E-state index in [1.165, 1.54) is 0 Å². The van der Waals surface area contributed by atoms with Crippen LogP contribution in [0.25, 0.3) is 0 Å². The third-order valence-corrected chi connectivity index (χ3v) is 3.83. The number of rotatable bonds is 7. The van der Waals surface area contributed by atoms with Gasteiger partial charge in [-0.15, -0.1) is 0 Å². The van der Waals surface area contributed by atoms with Crippen LogP contribution in [0.15, 0.2) is 0 Å². The Morgan fingerprint density at radius 3 is 2.76 bits per heavy atom. The highest BCUT2D eigenvalue weighted by molar-refractivity contribution is 5.12. The number of hydrogen-bond acceptors (Lipinski definition) is 4. The molecule has 1 aliphatic rings. The molecule has 2 unspecified atom stereocenters. The summed E-state index contributed by atoms with van der Waals surface area (Å²) in [7, 11) is 1.89. The summed E-state index contributed by atoms with van der Waals surface area (Å²) in [6, 6.07) is 2.96. The summed E-state index contributed by atoms with van der Waals surface area (Å²) in [5.41, 5.74) is -0.302. The summed E-state index contributed by atoms with van der Waals surface area (Å²) >= 11 is 0. The first-order valence-corrected chi connectivity index (χ1v) is 6.63. The summed E-state index contributed by atoms with van der Waals surface area (Å²) < 4.78 is 5.41. The van der Waals surface area contributed by atoms with Crippen molar-refractivity contribution in [1.82, 2.24) is 10.2 Å². The van der Waals surface area contributed by atoms with Crippen LogP contribution in [0.2, 0.25) is 0 Å². The molecule has 0 bridgehead atoms. The highest BCUT2D eigenvalue weighted by Crippen LogP contribution is 2.32. The lowest BCUT2D eigenvalue weighted by atomic mass is 10.00. The highest BCUT2D eigenvalue weighted by atomic mass is 16.5. The first-order chi connectivity index (χ1) is 8.21. The minimum Gasteiger partial charge on any atom is -0.380 e. The zero-order valence-corrected chi connectivity index (χ0v) is 11.3. The van der Waals surface area contributed by atoms with Crippen LogP contribution in [0.4, 0.5) is 0 Å². The molecule has 0 amide bonds.